The van der Waals surface area contributed by atoms with Gasteiger partial charge < -0.3 is 19.5 Å². The number of likely N-dealkylation sites (tertiary alicyclic amines) is 1. The average molecular weight is 532 g/mol. The number of ether oxygens (including phenoxy) is 1. The van der Waals surface area contributed by atoms with Crippen molar-refractivity contribution in [1.29, 1.82) is 0 Å². The molecule has 0 radical (unpaired) electrons. The van der Waals surface area contributed by atoms with Crippen LogP contribution in [-0.4, -0.2) is 39.2 Å². The minimum atomic E-state index is -0.496. The van der Waals surface area contributed by atoms with Crippen LogP contribution in [0, 0.1) is 12.8 Å². The van der Waals surface area contributed by atoms with Gasteiger partial charge in [0.25, 0.3) is 0 Å². The second kappa shape index (κ2) is 10.9. The van der Waals surface area contributed by atoms with Gasteiger partial charge in [0.1, 0.15) is 5.60 Å². The molecular formula is C31H36ClN4O2-. The molecule has 0 atom stereocenters. The van der Waals surface area contributed by atoms with Gasteiger partial charge in [0.2, 0.25) is 0 Å². The first-order valence-corrected chi connectivity index (χ1v) is 13.8. The SMILES string of the molecule is Cc1cn(CCCC2=Cc3cc(Cl)ccc3C(C3CCN(C(=O)OC(C)(C)C)CC3)=C3[N-]C=CC=C23)cn1. The average Bonchev–Trinajstić information content (AvgIpc) is 3.23. The van der Waals surface area contributed by atoms with Gasteiger partial charge >= 0.3 is 6.09 Å². The molecule has 0 spiro atoms. The van der Waals surface area contributed by atoms with Crippen LogP contribution in [0.1, 0.15) is 63.3 Å². The molecule has 6 nitrogen and oxygen atoms in total. The first-order valence-electron chi connectivity index (χ1n) is 13.5. The normalized spacial score (nSPS) is 17.8. The zero-order chi connectivity index (χ0) is 26.9. The summed E-state index contributed by atoms with van der Waals surface area (Å²) < 4.78 is 7.78. The maximum atomic E-state index is 12.7. The molecule has 1 aromatic carbocycles. The van der Waals surface area contributed by atoms with Crippen LogP contribution >= 0.6 is 11.6 Å². The van der Waals surface area contributed by atoms with Crippen LogP contribution in [0.5, 0.6) is 0 Å². The maximum Gasteiger partial charge on any atom is 0.410 e. The van der Waals surface area contributed by atoms with Crippen LogP contribution in [0.25, 0.3) is 17.0 Å². The standard InChI is InChI=1S/C31H36ClN4O2/c1-21-19-35(20-34-21)14-6-7-23-17-24-18-25(32)9-10-26(24)28(29-27(23)8-5-13-33-29)22-11-15-36(16-12-22)30(37)38-31(2,3)4/h5,8-10,13,17-20,22H,6-7,11-12,14-16H2,1-4H3/q-1. The first-order chi connectivity index (χ1) is 18.2. The number of aromatic nitrogens is 2. The summed E-state index contributed by atoms with van der Waals surface area (Å²) in [4.78, 5) is 18.9. The van der Waals surface area contributed by atoms with E-state index >= 15 is 0 Å². The summed E-state index contributed by atoms with van der Waals surface area (Å²) in [6.45, 7) is 9.98. The van der Waals surface area contributed by atoms with Gasteiger partial charge in [-0.15, -0.1) is 5.70 Å². The van der Waals surface area contributed by atoms with Crippen molar-refractivity contribution in [1.82, 2.24) is 14.5 Å². The minimum absolute atomic E-state index is 0.232. The second-order valence-corrected chi connectivity index (χ2v) is 11.7. The van der Waals surface area contributed by atoms with Gasteiger partial charge in [0.15, 0.2) is 0 Å². The van der Waals surface area contributed by atoms with E-state index in [9.17, 15) is 4.79 Å². The van der Waals surface area contributed by atoms with Crippen molar-refractivity contribution in [2.45, 2.75) is 65.5 Å². The van der Waals surface area contributed by atoms with Crippen molar-refractivity contribution in [3.05, 3.63) is 93.1 Å². The molecule has 1 aliphatic carbocycles. The van der Waals surface area contributed by atoms with Gasteiger partial charge in [-0.2, -0.15) is 6.20 Å². The lowest BCUT2D eigenvalue weighted by atomic mass is 9.81. The van der Waals surface area contributed by atoms with E-state index in [0.29, 0.717) is 13.1 Å². The van der Waals surface area contributed by atoms with E-state index < -0.39 is 5.60 Å². The highest BCUT2D eigenvalue weighted by Crippen LogP contribution is 2.46. The molecule has 1 saturated heterocycles. The van der Waals surface area contributed by atoms with Crippen LogP contribution in [-0.2, 0) is 11.3 Å². The number of hydrogen-bond acceptors (Lipinski definition) is 3. The Hall–Kier alpha value is -3.25. The Labute approximate surface area is 230 Å². The summed E-state index contributed by atoms with van der Waals surface area (Å²) in [5, 5.41) is 5.68. The number of fused-ring (bicyclic) bond motifs is 2. The molecular weight excluding hydrogens is 496 g/mol. The van der Waals surface area contributed by atoms with Crippen molar-refractivity contribution in [3.63, 3.8) is 0 Å². The molecule has 0 unspecified atom stereocenters. The topological polar surface area (TPSA) is 61.5 Å². The summed E-state index contributed by atoms with van der Waals surface area (Å²) in [5.74, 6) is 0.281. The van der Waals surface area contributed by atoms with Gasteiger partial charge in [0.05, 0.1) is 12.0 Å². The van der Waals surface area contributed by atoms with E-state index in [2.05, 4.69) is 40.0 Å². The third-order valence-corrected chi connectivity index (χ3v) is 7.46. The monoisotopic (exact) mass is 531 g/mol. The summed E-state index contributed by atoms with van der Waals surface area (Å²) in [6, 6.07) is 6.18. The molecule has 5 rings (SSSR count). The molecule has 2 aliphatic heterocycles. The maximum absolute atomic E-state index is 12.7. The first kappa shape index (κ1) is 26.4. The number of imidazole rings is 1. The van der Waals surface area contributed by atoms with Crippen LogP contribution in [0.2, 0.25) is 5.02 Å². The molecule has 3 heterocycles. The molecule has 3 aliphatic rings. The number of carbonyl (C=O) groups excluding carboxylic acids is 1. The Morgan fingerprint density at radius 2 is 2.03 bits per heavy atom. The van der Waals surface area contributed by atoms with E-state index in [1.54, 1.807) is 0 Å². The molecule has 38 heavy (non-hydrogen) atoms. The number of hydrogen-bond donors (Lipinski definition) is 0. The molecule has 0 bridgehead atoms. The highest BCUT2D eigenvalue weighted by Gasteiger charge is 2.31. The van der Waals surface area contributed by atoms with Gasteiger partial charge in [-0.25, -0.2) is 9.78 Å². The van der Waals surface area contributed by atoms with E-state index in [1.807, 2.05) is 57.3 Å². The number of carbonyl (C=O) groups is 1. The van der Waals surface area contributed by atoms with Crippen LogP contribution in [0.4, 0.5) is 4.79 Å². The molecule has 1 aromatic heterocycles. The summed E-state index contributed by atoms with van der Waals surface area (Å²) >= 11 is 6.49. The minimum Gasteiger partial charge on any atom is -0.663 e. The van der Waals surface area contributed by atoms with Crippen LogP contribution in [0.15, 0.2) is 65.9 Å². The predicted octanol–water partition coefficient (Wildman–Crippen LogP) is 7.91. The number of rotatable bonds is 5. The number of halogens is 1. The number of allylic oxidation sites excluding steroid dienone is 4. The summed E-state index contributed by atoms with van der Waals surface area (Å²) in [6.07, 6.45) is 15.8. The molecule has 1 fully saturated rings. The largest absolute Gasteiger partial charge is 0.663 e. The third-order valence-electron chi connectivity index (χ3n) is 7.22. The third kappa shape index (κ3) is 5.91. The van der Waals surface area contributed by atoms with Crippen molar-refractivity contribution in [3.8, 4) is 0 Å². The Morgan fingerprint density at radius 1 is 1.24 bits per heavy atom. The summed E-state index contributed by atoms with van der Waals surface area (Å²) in [7, 11) is 0. The lowest BCUT2D eigenvalue weighted by Gasteiger charge is -2.39. The molecule has 7 heteroatoms. The van der Waals surface area contributed by atoms with Crippen molar-refractivity contribution >= 4 is 29.3 Å². The van der Waals surface area contributed by atoms with E-state index in [4.69, 9.17) is 21.7 Å². The molecule has 200 valence electrons. The zero-order valence-electron chi connectivity index (χ0n) is 22.7. The van der Waals surface area contributed by atoms with Crippen molar-refractivity contribution < 1.29 is 9.53 Å². The number of aryl methyl sites for hydroxylation is 2. The van der Waals surface area contributed by atoms with Crippen molar-refractivity contribution in [2.24, 2.45) is 5.92 Å². The van der Waals surface area contributed by atoms with Crippen molar-refractivity contribution in [2.75, 3.05) is 13.1 Å². The summed E-state index contributed by atoms with van der Waals surface area (Å²) in [5.41, 5.74) is 7.62. The lowest BCUT2D eigenvalue weighted by Crippen LogP contribution is -2.42. The fourth-order valence-electron chi connectivity index (χ4n) is 5.51. The highest BCUT2D eigenvalue weighted by molar-refractivity contribution is 6.30. The number of benzene rings is 1. The van der Waals surface area contributed by atoms with Crippen LogP contribution < -0.4 is 0 Å². The zero-order valence-corrected chi connectivity index (χ0v) is 23.5. The van der Waals surface area contributed by atoms with Gasteiger partial charge in [0, 0.05) is 30.9 Å². The second-order valence-electron chi connectivity index (χ2n) is 11.3. The molecule has 2 aromatic rings. The van der Waals surface area contributed by atoms with Gasteiger partial charge in [-0.1, -0.05) is 41.5 Å². The van der Waals surface area contributed by atoms with E-state index in [0.717, 1.165) is 54.2 Å². The Balaban J connectivity index is 1.43. The highest BCUT2D eigenvalue weighted by atomic mass is 35.5. The van der Waals surface area contributed by atoms with Gasteiger partial charge in [-0.3, -0.25) is 0 Å². The smallest absolute Gasteiger partial charge is 0.410 e. The van der Waals surface area contributed by atoms with E-state index in [1.165, 1.54) is 22.3 Å². The number of nitrogens with zero attached hydrogens (tertiary/aromatic N) is 4. The van der Waals surface area contributed by atoms with Gasteiger partial charge in [-0.05, 0) is 93.7 Å². The molecule has 1 amide bonds. The number of amides is 1. The Morgan fingerprint density at radius 3 is 2.74 bits per heavy atom. The Bertz CT molecular complexity index is 1330. The van der Waals surface area contributed by atoms with E-state index in [-0.39, 0.29) is 12.0 Å². The molecule has 0 N–H and O–H groups in total. The fourth-order valence-corrected chi connectivity index (χ4v) is 5.69. The fraction of sp³-hybridized carbons (Fsp3) is 0.419. The predicted molar refractivity (Wildman–Crippen MR) is 154 cm³/mol. The lowest BCUT2D eigenvalue weighted by molar-refractivity contribution is 0.0199. The van der Waals surface area contributed by atoms with Crippen LogP contribution in [0.3, 0.4) is 0 Å². The molecule has 0 saturated carbocycles. The quantitative estimate of drug-likeness (QED) is 0.394. The number of piperidine rings is 1. The Kier molecular flexibility index (Phi) is 7.53.